The fourth-order valence-corrected chi connectivity index (χ4v) is 1.99. The molecule has 1 aromatic rings. The summed E-state index contributed by atoms with van der Waals surface area (Å²) in [4.78, 5) is 20.7. The SMILES string of the molecule is CC(C)(C)CNc1nccc(N2CCNCC2)n1.CC(C)(C)OC=O. The molecule has 0 saturated carbocycles. The highest BCUT2D eigenvalue weighted by atomic mass is 16.5. The molecule has 2 N–H and O–H groups in total. The normalized spacial score (nSPS) is 15.0. The van der Waals surface area contributed by atoms with Crippen LogP contribution in [0.3, 0.4) is 0 Å². The third-order valence-corrected chi connectivity index (χ3v) is 3.26. The summed E-state index contributed by atoms with van der Waals surface area (Å²) in [5, 5.41) is 6.64. The van der Waals surface area contributed by atoms with Crippen molar-refractivity contribution in [2.45, 2.75) is 47.1 Å². The first-order chi connectivity index (χ1) is 11.6. The van der Waals surface area contributed by atoms with E-state index in [1.165, 1.54) is 0 Å². The van der Waals surface area contributed by atoms with Gasteiger partial charge in [0.25, 0.3) is 6.47 Å². The van der Waals surface area contributed by atoms with E-state index in [1.54, 1.807) is 0 Å². The molecule has 142 valence electrons. The molecule has 2 heterocycles. The second kappa shape index (κ2) is 9.56. The average molecular weight is 351 g/mol. The smallest absolute Gasteiger partial charge is 0.293 e. The van der Waals surface area contributed by atoms with Crippen LogP contribution in [0.5, 0.6) is 0 Å². The van der Waals surface area contributed by atoms with E-state index in [-0.39, 0.29) is 11.0 Å². The molecule has 1 aromatic heterocycles. The molecule has 1 fully saturated rings. The van der Waals surface area contributed by atoms with Gasteiger partial charge in [-0.1, -0.05) is 20.8 Å². The number of hydrogen-bond donors (Lipinski definition) is 2. The van der Waals surface area contributed by atoms with Gasteiger partial charge >= 0.3 is 0 Å². The molecule has 7 nitrogen and oxygen atoms in total. The van der Waals surface area contributed by atoms with Gasteiger partial charge in [0.2, 0.25) is 5.95 Å². The molecule has 1 aliphatic rings. The molecule has 7 heteroatoms. The fraction of sp³-hybridized carbons (Fsp3) is 0.722. The van der Waals surface area contributed by atoms with Crippen molar-refractivity contribution < 1.29 is 9.53 Å². The highest BCUT2D eigenvalue weighted by Crippen LogP contribution is 2.16. The molecular weight excluding hydrogens is 318 g/mol. The van der Waals surface area contributed by atoms with Crippen molar-refractivity contribution in [3.8, 4) is 0 Å². The first kappa shape index (κ1) is 21.2. The molecular formula is C18H33N5O2. The molecule has 0 bridgehead atoms. The molecule has 25 heavy (non-hydrogen) atoms. The first-order valence-corrected chi connectivity index (χ1v) is 8.75. The van der Waals surface area contributed by atoms with Gasteiger partial charge in [0.15, 0.2) is 0 Å². The van der Waals surface area contributed by atoms with Crippen LogP contribution in [0.1, 0.15) is 41.5 Å². The number of ether oxygens (including phenoxy) is 1. The molecule has 0 aromatic carbocycles. The van der Waals surface area contributed by atoms with Gasteiger partial charge in [0.1, 0.15) is 11.4 Å². The van der Waals surface area contributed by atoms with E-state index in [1.807, 2.05) is 33.0 Å². The van der Waals surface area contributed by atoms with E-state index in [0.717, 1.165) is 44.5 Å². The number of nitrogens with one attached hydrogen (secondary N) is 2. The molecule has 0 spiro atoms. The lowest BCUT2D eigenvalue weighted by molar-refractivity contribution is -0.138. The second-order valence-electron chi connectivity index (χ2n) is 8.22. The third-order valence-electron chi connectivity index (χ3n) is 3.26. The number of anilines is 2. The zero-order chi connectivity index (χ0) is 18.9. The first-order valence-electron chi connectivity index (χ1n) is 8.75. The Labute approximate surface area is 151 Å². The lowest BCUT2D eigenvalue weighted by atomic mass is 9.97. The second-order valence-corrected chi connectivity index (χ2v) is 8.22. The van der Waals surface area contributed by atoms with E-state index >= 15 is 0 Å². The summed E-state index contributed by atoms with van der Waals surface area (Å²) in [6.07, 6.45) is 1.83. The minimum Gasteiger partial charge on any atom is -0.462 e. The summed E-state index contributed by atoms with van der Waals surface area (Å²) in [7, 11) is 0. The Morgan fingerprint density at radius 3 is 2.36 bits per heavy atom. The Bertz CT molecular complexity index is 517. The summed E-state index contributed by atoms with van der Waals surface area (Å²) in [5.74, 6) is 1.74. The van der Waals surface area contributed by atoms with E-state index in [0.29, 0.717) is 6.47 Å². The summed E-state index contributed by atoms with van der Waals surface area (Å²) in [5.41, 5.74) is -0.0871. The van der Waals surface area contributed by atoms with E-state index < -0.39 is 0 Å². The number of nitrogens with zero attached hydrogens (tertiary/aromatic N) is 3. The number of rotatable bonds is 4. The Kier molecular flexibility index (Phi) is 8.09. The number of aromatic nitrogens is 2. The maximum atomic E-state index is 9.60. The van der Waals surface area contributed by atoms with Crippen molar-refractivity contribution in [3.05, 3.63) is 12.3 Å². The lowest BCUT2D eigenvalue weighted by Crippen LogP contribution is -2.44. The molecule has 0 atom stereocenters. The number of piperazine rings is 1. The molecule has 0 unspecified atom stereocenters. The van der Waals surface area contributed by atoms with Gasteiger partial charge in [-0.3, -0.25) is 4.79 Å². The monoisotopic (exact) mass is 351 g/mol. The highest BCUT2D eigenvalue weighted by Gasteiger charge is 2.14. The van der Waals surface area contributed by atoms with Crippen LogP contribution in [-0.2, 0) is 9.53 Å². The van der Waals surface area contributed by atoms with Gasteiger partial charge in [0, 0.05) is 38.9 Å². The Hall–Kier alpha value is -1.89. The predicted molar refractivity (Wildman–Crippen MR) is 102 cm³/mol. The van der Waals surface area contributed by atoms with Crippen LogP contribution in [0.15, 0.2) is 12.3 Å². The summed E-state index contributed by atoms with van der Waals surface area (Å²) in [6.45, 7) is 17.4. The largest absolute Gasteiger partial charge is 0.462 e. The maximum Gasteiger partial charge on any atom is 0.293 e. The zero-order valence-corrected chi connectivity index (χ0v) is 16.4. The number of hydrogen-bond acceptors (Lipinski definition) is 7. The van der Waals surface area contributed by atoms with Crippen molar-refractivity contribution in [1.82, 2.24) is 15.3 Å². The lowest BCUT2D eigenvalue weighted by Gasteiger charge is -2.28. The number of carbonyl (C=O) groups excluding carboxylic acids is 1. The van der Waals surface area contributed by atoms with Gasteiger partial charge in [0.05, 0.1) is 0 Å². The minimum atomic E-state index is -0.318. The van der Waals surface area contributed by atoms with Crippen LogP contribution >= 0.6 is 0 Å². The van der Waals surface area contributed by atoms with E-state index in [9.17, 15) is 4.79 Å². The topological polar surface area (TPSA) is 79.4 Å². The quantitative estimate of drug-likeness (QED) is 0.806. The summed E-state index contributed by atoms with van der Waals surface area (Å²) < 4.78 is 4.55. The van der Waals surface area contributed by atoms with E-state index in [2.05, 4.69) is 51.0 Å². The summed E-state index contributed by atoms with van der Waals surface area (Å²) in [6, 6.07) is 1.98. The van der Waals surface area contributed by atoms with Gasteiger partial charge in [-0.25, -0.2) is 4.98 Å². The Balaban J connectivity index is 0.000000381. The van der Waals surface area contributed by atoms with Crippen LogP contribution in [0.4, 0.5) is 11.8 Å². The molecule has 0 radical (unpaired) electrons. The van der Waals surface area contributed by atoms with Gasteiger partial charge < -0.3 is 20.3 Å². The average Bonchev–Trinajstić information content (AvgIpc) is 2.53. The predicted octanol–water partition coefficient (Wildman–Crippen LogP) is 2.30. The van der Waals surface area contributed by atoms with Crippen LogP contribution < -0.4 is 15.5 Å². The standard InChI is InChI=1S/C13H23N5.C5H10O2/c1-13(2,3)10-16-12-15-5-4-11(17-12)18-8-6-14-7-9-18;1-5(2,3)7-4-6/h4-5,14H,6-10H2,1-3H3,(H,15,16,17);4H,1-3H3. The van der Waals surface area contributed by atoms with Gasteiger partial charge in [-0.05, 0) is 32.3 Å². The minimum absolute atomic E-state index is 0.231. The van der Waals surface area contributed by atoms with Crippen molar-refractivity contribution in [2.75, 3.05) is 42.9 Å². The molecule has 2 rings (SSSR count). The van der Waals surface area contributed by atoms with Gasteiger partial charge in [-0.15, -0.1) is 0 Å². The zero-order valence-electron chi connectivity index (χ0n) is 16.4. The van der Waals surface area contributed by atoms with Crippen molar-refractivity contribution in [3.63, 3.8) is 0 Å². The molecule has 1 aliphatic heterocycles. The summed E-state index contributed by atoms with van der Waals surface area (Å²) >= 11 is 0. The Morgan fingerprint density at radius 1 is 1.24 bits per heavy atom. The van der Waals surface area contributed by atoms with Crippen LogP contribution in [0.2, 0.25) is 0 Å². The van der Waals surface area contributed by atoms with Crippen molar-refractivity contribution in [2.24, 2.45) is 5.41 Å². The van der Waals surface area contributed by atoms with Crippen molar-refractivity contribution in [1.29, 1.82) is 0 Å². The highest BCUT2D eigenvalue weighted by molar-refractivity contribution is 5.43. The van der Waals surface area contributed by atoms with Crippen molar-refractivity contribution >= 4 is 18.2 Å². The van der Waals surface area contributed by atoms with Crippen LogP contribution in [0.25, 0.3) is 0 Å². The van der Waals surface area contributed by atoms with Crippen LogP contribution in [-0.4, -0.2) is 54.8 Å². The molecule has 0 amide bonds. The van der Waals surface area contributed by atoms with Gasteiger partial charge in [-0.2, -0.15) is 4.98 Å². The third kappa shape index (κ3) is 9.86. The van der Waals surface area contributed by atoms with E-state index in [4.69, 9.17) is 0 Å². The number of carbonyl (C=O) groups is 1. The molecule has 1 saturated heterocycles. The van der Waals surface area contributed by atoms with Crippen LogP contribution in [0, 0.1) is 5.41 Å². The maximum absolute atomic E-state index is 9.60. The fourth-order valence-electron chi connectivity index (χ4n) is 1.99. The Morgan fingerprint density at radius 2 is 1.88 bits per heavy atom. The molecule has 0 aliphatic carbocycles.